The molecule has 0 spiro atoms. The summed E-state index contributed by atoms with van der Waals surface area (Å²) in [5.74, 6) is 1.72. The van der Waals surface area contributed by atoms with Crippen molar-refractivity contribution in [2.75, 3.05) is 0 Å². The average molecular weight is 417 g/mol. The van der Waals surface area contributed by atoms with Gasteiger partial charge in [-0.25, -0.2) is 0 Å². The van der Waals surface area contributed by atoms with Gasteiger partial charge in [0.15, 0.2) is 5.78 Å². The van der Waals surface area contributed by atoms with Gasteiger partial charge in [-0.15, -0.1) is 23.5 Å². The second-order valence-electron chi connectivity index (χ2n) is 6.66. The van der Waals surface area contributed by atoms with E-state index in [9.17, 15) is 4.79 Å². The van der Waals surface area contributed by atoms with Gasteiger partial charge in [0.25, 0.3) is 0 Å². The summed E-state index contributed by atoms with van der Waals surface area (Å²) >= 11 is 3.43. The van der Waals surface area contributed by atoms with Crippen molar-refractivity contribution in [2.24, 2.45) is 0 Å². The van der Waals surface area contributed by atoms with Gasteiger partial charge in [0.2, 0.25) is 0 Å². The van der Waals surface area contributed by atoms with Gasteiger partial charge in [0, 0.05) is 21.8 Å². The van der Waals surface area contributed by atoms with Crippen molar-refractivity contribution >= 4 is 35.4 Å². The van der Waals surface area contributed by atoms with E-state index in [1.807, 2.05) is 54.6 Å². The molecule has 0 fully saturated rings. The Morgan fingerprint density at radius 1 is 0.759 bits per heavy atom. The molecule has 3 aromatic carbocycles. The molecule has 0 amide bonds. The van der Waals surface area contributed by atoms with Crippen molar-refractivity contribution in [3.05, 3.63) is 124 Å². The molecular formula is C26H24OS2. The van der Waals surface area contributed by atoms with E-state index in [-0.39, 0.29) is 5.78 Å². The zero-order valence-electron chi connectivity index (χ0n) is 16.5. The molecule has 0 bridgehead atoms. The Balaban J connectivity index is 1.67. The monoisotopic (exact) mass is 416 g/mol. The molecule has 0 aliphatic carbocycles. The lowest BCUT2D eigenvalue weighted by Crippen LogP contribution is -1.89. The fraction of sp³-hybridized carbons (Fsp3) is 0.115. The van der Waals surface area contributed by atoms with Crippen LogP contribution in [0.4, 0.5) is 0 Å². The predicted octanol–water partition coefficient (Wildman–Crippen LogP) is 7.29. The summed E-state index contributed by atoms with van der Waals surface area (Å²) in [5, 5.41) is 0. The Bertz CT molecular complexity index is 913. The van der Waals surface area contributed by atoms with Crippen LogP contribution in [0.2, 0.25) is 0 Å². The zero-order valence-corrected chi connectivity index (χ0v) is 18.1. The lowest BCUT2D eigenvalue weighted by atomic mass is 10.1. The van der Waals surface area contributed by atoms with Crippen LogP contribution in [0.5, 0.6) is 0 Å². The van der Waals surface area contributed by atoms with Gasteiger partial charge in [-0.2, -0.15) is 0 Å². The third kappa shape index (κ3) is 7.80. The highest BCUT2D eigenvalue weighted by Gasteiger charge is 2.05. The summed E-state index contributed by atoms with van der Waals surface area (Å²) in [7, 11) is 0. The molecule has 0 heterocycles. The Morgan fingerprint density at radius 2 is 1.28 bits per heavy atom. The highest BCUT2D eigenvalue weighted by atomic mass is 32.2. The van der Waals surface area contributed by atoms with Crippen molar-refractivity contribution < 1.29 is 4.79 Å². The van der Waals surface area contributed by atoms with Crippen LogP contribution in [-0.2, 0) is 16.3 Å². The molecule has 0 saturated heterocycles. The number of benzene rings is 3. The molecule has 0 radical (unpaired) electrons. The maximum Gasteiger partial charge on any atom is 0.180 e. The maximum atomic E-state index is 12.5. The number of hydrogen-bond acceptors (Lipinski definition) is 3. The van der Waals surface area contributed by atoms with E-state index in [0.717, 1.165) is 21.3 Å². The standard InChI is InChI=1S/C26H24OS2/c1-21-12-14-22(15-13-21)16-17-25(27)18-26(28-19-23-8-4-2-5-9-23)29-20-24-10-6-3-7-11-24/h2-18H,19-20H2,1H3. The summed E-state index contributed by atoms with van der Waals surface area (Å²) in [6.45, 7) is 2.06. The molecule has 0 saturated carbocycles. The van der Waals surface area contributed by atoms with E-state index < -0.39 is 0 Å². The normalized spacial score (nSPS) is 10.8. The topological polar surface area (TPSA) is 17.1 Å². The summed E-state index contributed by atoms with van der Waals surface area (Å²) in [4.78, 5) is 12.5. The molecule has 0 N–H and O–H groups in total. The fourth-order valence-electron chi connectivity index (χ4n) is 2.60. The van der Waals surface area contributed by atoms with Crippen LogP contribution in [0.3, 0.4) is 0 Å². The summed E-state index contributed by atoms with van der Waals surface area (Å²) < 4.78 is 1.04. The van der Waals surface area contributed by atoms with Gasteiger partial charge in [0.05, 0.1) is 0 Å². The number of ketones is 1. The van der Waals surface area contributed by atoms with Crippen LogP contribution in [0.15, 0.2) is 101 Å². The SMILES string of the molecule is Cc1ccc(C=CC(=O)C=C(SCc2ccccc2)SCc2ccccc2)cc1. The quantitative estimate of drug-likeness (QED) is 0.341. The van der Waals surface area contributed by atoms with E-state index in [1.54, 1.807) is 35.7 Å². The van der Waals surface area contributed by atoms with Crippen molar-refractivity contribution in [1.82, 2.24) is 0 Å². The first-order chi connectivity index (χ1) is 14.2. The molecule has 0 atom stereocenters. The lowest BCUT2D eigenvalue weighted by molar-refractivity contribution is -0.110. The minimum atomic E-state index is 0.0155. The molecule has 146 valence electrons. The first kappa shape index (κ1) is 21.2. The number of aryl methyl sites for hydroxylation is 1. The second kappa shape index (κ2) is 11.5. The summed E-state index contributed by atoms with van der Waals surface area (Å²) in [6.07, 6.45) is 5.28. The Morgan fingerprint density at radius 3 is 1.79 bits per heavy atom. The van der Waals surface area contributed by atoms with Crippen molar-refractivity contribution in [3.8, 4) is 0 Å². The molecule has 0 aromatic heterocycles. The summed E-state index contributed by atoms with van der Waals surface area (Å²) in [5.41, 5.74) is 4.76. The number of rotatable bonds is 9. The highest BCUT2D eigenvalue weighted by molar-refractivity contribution is 8.21. The Labute approximate surface area is 181 Å². The molecule has 3 rings (SSSR count). The van der Waals surface area contributed by atoms with E-state index in [0.29, 0.717) is 0 Å². The van der Waals surface area contributed by atoms with Crippen molar-refractivity contribution in [3.63, 3.8) is 0 Å². The van der Waals surface area contributed by atoms with Crippen LogP contribution in [0.1, 0.15) is 22.3 Å². The van der Waals surface area contributed by atoms with E-state index in [2.05, 4.69) is 43.3 Å². The van der Waals surface area contributed by atoms with E-state index >= 15 is 0 Å². The van der Waals surface area contributed by atoms with Crippen LogP contribution in [0.25, 0.3) is 6.08 Å². The number of carbonyl (C=O) groups excluding carboxylic acids is 1. The third-order valence-electron chi connectivity index (χ3n) is 4.23. The van der Waals surface area contributed by atoms with Crippen LogP contribution in [-0.4, -0.2) is 5.78 Å². The lowest BCUT2D eigenvalue weighted by Gasteiger charge is -2.07. The first-order valence-electron chi connectivity index (χ1n) is 9.53. The summed E-state index contributed by atoms with van der Waals surface area (Å²) in [6, 6.07) is 28.9. The maximum absolute atomic E-state index is 12.5. The molecule has 3 heteroatoms. The molecular weight excluding hydrogens is 392 g/mol. The molecule has 3 aromatic rings. The molecule has 29 heavy (non-hydrogen) atoms. The number of thioether (sulfide) groups is 2. The minimum absolute atomic E-state index is 0.0155. The Hall–Kier alpha value is -2.49. The molecule has 1 nitrogen and oxygen atoms in total. The first-order valence-corrected chi connectivity index (χ1v) is 11.5. The minimum Gasteiger partial charge on any atom is -0.290 e. The van der Waals surface area contributed by atoms with Gasteiger partial charge < -0.3 is 0 Å². The number of hydrogen-bond donors (Lipinski definition) is 0. The van der Waals surface area contributed by atoms with Gasteiger partial charge >= 0.3 is 0 Å². The van der Waals surface area contributed by atoms with Crippen molar-refractivity contribution in [2.45, 2.75) is 18.4 Å². The molecule has 0 unspecified atom stereocenters. The highest BCUT2D eigenvalue weighted by Crippen LogP contribution is 2.33. The number of carbonyl (C=O) groups is 1. The van der Waals surface area contributed by atoms with Crippen molar-refractivity contribution in [1.29, 1.82) is 0 Å². The van der Waals surface area contributed by atoms with Crippen LogP contribution >= 0.6 is 23.5 Å². The zero-order chi connectivity index (χ0) is 20.3. The van der Waals surface area contributed by atoms with Crippen LogP contribution in [0, 0.1) is 6.92 Å². The van der Waals surface area contributed by atoms with Gasteiger partial charge in [-0.05, 0) is 29.7 Å². The number of allylic oxidation sites excluding steroid dienone is 2. The van der Waals surface area contributed by atoms with E-state index in [4.69, 9.17) is 0 Å². The van der Waals surface area contributed by atoms with Gasteiger partial charge in [-0.1, -0.05) is 96.6 Å². The molecule has 0 aliphatic heterocycles. The van der Waals surface area contributed by atoms with Gasteiger partial charge in [-0.3, -0.25) is 4.79 Å². The smallest absolute Gasteiger partial charge is 0.180 e. The van der Waals surface area contributed by atoms with E-state index in [1.165, 1.54) is 16.7 Å². The second-order valence-corrected chi connectivity index (χ2v) is 8.95. The van der Waals surface area contributed by atoms with Crippen LogP contribution < -0.4 is 0 Å². The predicted molar refractivity (Wildman–Crippen MR) is 129 cm³/mol. The average Bonchev–Trinajstić information content (AvgIpc) is 2.76. The fourth-order valence-corrected chi connectivity index (χ4v) is 4.69. The van der Waals surface area contributed by atoms with Gasteiger partial charge in [0.1, 0.15) is 0 Å². The Kier molecular flexibility index (Phi) is 8.41. The molecule has 0 aliphatic rings. The third-order valence-corrected chi connectivity index (χ3v) is 6.69. The largest absolute Gasteiger partial charge is 0.290 e.